The number of benzene rings is 1. The van der Waals surface area contributed by atoms with E-state index in [4.69, 9.17) is 5.11 Å². The van der Waals surface area contributed by atoms with Gasteiger partial charge in [-0.15, -0.1) is 0 Å². The number of nitrogens with zero attached hydrogens (tertiary/aromatic N) is 1. The van der Waals surface area contributed by atoms with Crippen LogP contribution in [0.2, 0.25) is 0 Å². The Kier molecular flexibility index (Phi) is 4.99. The number of aliphatic hydroxyl groups excluding tert-OH is 1. The van der Waals surface area contributed by atoms with E-state index in [-0.39, 0.29) is 12.5 Å². The summed E-state index contributed by atoms with van der Waals surface area (Å²) in [6.45, 7) is 3.80. The molecule has 0 radical (unpaired) electrons. The van der Waals surface area contributed by atoms with E-state index in [1.807, 2.05) is 30.0 Å². The highest BCUT2D eigenvalue weighted by atomic mass is 79.9. The topological polar surface area (TPSA) is 40.5 Å². The van der Waals surface area contributed by atoms with E-state index in [2.05, 4.69) is 15.9 Å². The smallest absolute Gasteiger partial charge is 0.255 e. The second-order valence-electron chi connectivity index (χ2n) is 5.26. The molecular formula is C15H20BrNO2. The number of rotatable bonds is 3. The molecule has 19 heavy (non-hydrogen) atoms. The fraction of sp³-hybridized carbons (Fsp3) is 0.533. The molecule has 0 saturated carbocycles. The Labute approximate surface area is 122 Å². The van der Waals surface area contributed by atoms with Gasteiger partial charge in [0.2, 0.25) is 0 Å². The van der Waals surface area contributed by atoms with Crippen LogP contribution >= 0.6 is 15.9 Å². The average molecular weight is 326 g/mol. The number of aryl methyl sites for hydroxylation is 1. The van der Waals surface area contributed by atoms with Crippen molar-refractivity contribution in [2.75, 3.05) is 19.7 Å². The molecule has 1 N–H and O–H groups in total. The van der Waals surface area contributed by atoms with Gasteiger partial charge in [0.1, 0.15) is 0 Å². The van der Waals surface area contributed by atoms with Crippen LogP contribution in [0.25, 0.3) is 0 Å². The van der Waals surface area contributed by atoms with Crippen molar-refractivity contribution >= 4 is 21.8 Å². The highest BCUT2D eigenvalue weighted by Gasteiger charge is 2.25. The largest absolute Gasteiger partial charge is 0.396 e. The fourth-order valence-electron chi connectivity index (χ4n) is 2.63. The van der Waals surface area contributed by atoms with Crippen LogP contribution < -0.4 is 0 Å². The minimum absolute atomic E-state index is 0.0921. The Morgan fingerprint density at radius 1 is 1.53 bits per heavy atom. The zero-order valence-corrected chi connectivity index (χ0v) is 12.8. The van der Waals surface area contributed by atoms with Crippen LogP contribution in [0.15, 0.2) is 22.7 Å². The quantitative estimate of drug-likeness (QED) is 0.928. The maximum atomic E-state index is 12.5. The highest BCUT2D eigenvalue weighted by molar-refractivity contribution is 9.10. The minimum Gasteiger partial charge on any atom is -0.396 e. The molecule has 1 amide bonds. The van der Waals surface area contributed by atoms with Crippen molar-refractivity contribution in [3.63, 3.8) is 0 Å². The maximum absolute atomic E-state index is 12.5. The first-order valence-corrected chi connectivity index (χ1v) is 7.57. The van der Waals surface area contributed by atoms with E-state index in [0.29, 0.717) is 5.92 Å². The lowest BCUT2D eigenvalue weighted by atomic mass is 9.94. The van der Waals surface area contributed by atoms with Crippen LogP contribution in [0.3, 0.4) is 0 Å². The summed E-state index contributed by atoms with van der Waals surface area (Å²) in [5, 5.41) is 9.02. The first-order chi connectivity index (χ1) is 9.11. The third kappa shape index (κ3) is 3.57. The van der Waals surface area contributed by atoms with Crippen LogP contribution in [0.1, 0.15) is 35.2 Å². The van der Waals surface area contributed by atoms with Gasteiger partial charge in [-0.2, -0.15) is 0 Å². The number of likely N-dealkylation sites (tertiary alicyclic amines) is 1. The fourth-order valence-corrected chi connectivity index (χ4v) is 3.29. The molecule has 4 heteroatoms. The zero-order valence-electron chi connectivity index (χ0n) is 11.2. The van der Waals surface area contributed by atoms with Crippen LogP contribution in [-0.2, 0) is 0 Å². The Bertz CT molecular complexity index is 459. The second-order valence-corrected chi connectivity index (χ2v) is 6.11. The van der Waals surface area contributed by atoms with Crippen LogP contribution in [-0.4, -0.2) is 35.6 Å². The van der Waals surface area contributed by atoms with Gasteiger partial charge < -0.3 is 10.0 Å². The number of carbonyl (C=O) groups is 1. The van der Waals surface area contributed by atoms with Crippen molar-refractivity contribution in [2.45, 2.75) is 26.2 Å². The summed E-state index contributed by atoms with van der Waals surface area (Å²) in [6.07, 6.45) is 2.93. The average Bonchev–Trinajstić information content (AvgIpc) is 2.39. The summed E-state index contributed by atoms with van der Waals surface area (Å²) in [6, 6.07) is 5.83. The van der Waals surface area contributed by atoms with Gasteiger partial charge in [0, 0.05) is 24.2 Å². The lowest BCUT2D eigenvalue weighted by Crippen LogP contribution is -2.40. The van der Waals surface area contributed by atoms with Crippen molar-refractivity contribution in [3.8, 4) is 0 Å². The van der Waals surface area contributed by atoms with Crippen molar-refractivity contribution in [2.24, 2.45) is 5.92 Å². The SMILES string of the molecule is Cc1ccc(C(=O)N2CCCC(CCO)C2)c(Br)c1. The predicted molar refractivity (Wildman–Crippen MR) is 79.2 cm³/mol. The molecule has 2 rings (SSSR count). The van der Waals surface area contributed by atoms with E-state index in [1.165, 1.54) is 0 Å². The minimum atomic E-state index is 0.0921. The first-order valence-electron chi connectivity index (χ1n) is 6.78. The van der Waals surface area contributed by atoms with Crippen LogP contribution in [0.4, 0.5) is 0 Å². The Morgan fingerprint density at radius 2 is 2.32 bits per heavy atom. The molecule has 0 aliphatic carbocycles. The van der Waals surface area contributed by atoms with Gasteiger partial charge in [-0.3, -0.25) is 4.79 Å². The van der Waals surface area contributed by atoms with E-state index >= 15 is 0 Å². The Hall–Kier alpha value is -0.870. The molecule has 0 aromatic heterocycles. The van der Waals surface area contributed by atoms with E-state index < -0.39 is 0 Å². The molecule has 3 nitrogen and oxygen atoms in total. The summed E-state index contributed by atoms with van der Waals surface area (Å²) < 4.78 is 0.863. The summed E-state index contributed by atoms with van der Waals surface area (Å²) in [4.78, 5) is 14.4. The molecule has 104 valence electrons. The molecule has 1 fully saturated rings. The molecule has 1 unspecified atom stereocenters. The molecule has 1 atom stereocenters. The lowest BCUT2D eigenvalue weighted by molar-refractivity contribution is 0.0652. The number of carbonyl (C=O) groups excluding carboxylic acids is 1. The molecule has 1 aliphatic rings. The summed E-state index contributed by atoms with van der Waals surface area (Å²) >= 11 is 3.47. The van der Waals surface area contributed by atoms with Gasteiger partial charge in [0.15, 0.2) is 0 Å². The zero-order chi connectivity index (χ0) is 13.8. The Balaban J connectivity index is 2.10. The number of hydrogen-bond acceptors (Lipinski definition) is 2. The normalized spacial score (nSPS) is 19.5. The monoisotopic (exact) mass is 325 g/mol. The van der Waals surface area contributed by atoms with Crippen molar-refractivity contribution < 1.29 is 9.90 Å². The van der Waals surface area contributed by atoms with Crippen molar-refractivity contribution in [1.82, 2.24) is 4.90 Å². The standard InChI is InChI=1S/C15H20BrNO2/c1-11-4-5-13(14(16)9-11)15(19)17-7-2-3-12(10-17)6-8-18/h4-5,9,12,18H,2-3,6-8,10H2,1H3. The number of halogens is 1. The van der Waals surface area contributed by atoms with Gasteiger partial charge in [-0.05, 0) is 65.7 Å². The molecule has 1 aromatic rings. The first kappa shape index (κ1) is 14.5. The number of hydrogen-bond donors (Lipinski definition) is 1. The molecule has 1 saturated heterocycles. The van der Waals surface area contributed by atoms with E-state index in [9.17, 15) is 4.79 Å². The third-order valence-electron chi connectivity index (χ3n) is 3.70. The maximum Gasteiger partial charge on any atom is 0.255 e. The molecule has 1 heterocycles. The van der Waals surface area contributed by atoms with Gasteiger partial charge >= 0.3 is 0 Å². The number of piperidine rings is 1. The van der Waals surface area contributed by atoms with Gasteiger partial charge in [0.05, 0.1) is 5.56 Å². The van der Waals surface area contributed by atoms with Crippen molar-refractivity contribution in [3.05, 3.63) is 33.8 Å². The second kappa shape index (κ2) is 6.53. The lowest BCUT2D eigenvalue weighted by Gasteiger charge is -2.32. The van der Waals surface area contributed by atoms with Gasteiger partial charge in [-0.25, -0.2) is 0 Å². The predicted octanol–water partition coefficient (Wildman–Crippen LogP) is 2.99. The summed E-state index contributed by atoms with van der Waals surface area (Å²) in [5.41, 5.74) is 1.87. The molecule has 1 aromatic carbocycles. The van der Waals surface area contributed by atoms with Crippen LogP contribution in [0, 0.1) is 12.8 Å². The van der Waals surface area contributed by atoms with E-state index in [0.717, 1.165) is 48.0 Å². The molecule has 0 spiro atoms. The van der Waals surface area contributed by atoms with E-state index in [1.54, 1.807) is 0 Å². The van der Waals surface area contributed by atoms with Crippen LogP contribution in [0.5, 0.6) is 0 Å². The van der Waals surface area contributed by atoms with Gasteiger partial charge in [0.25, 0.3) is 5.91 Å². The van der Waals surface area contributed by atoms with Gasteiger partial charge in [-0.1, -0.05) is 6.07 Å². The highest BCUT2D eigenvalue weighted by Crippen LogP contribution is 2.24. The summed E-state index contributed by atoms with van der Waals surface area (Å²) in [7, 11) is 0. The Morgan fingerprint density at radius 3 is 3.00 bits per heavy atom. The molecule has 1 aliphatic heterocycles. The van der Waals surface area contributed by atoms with Crippen molar-refractivity contribution in [1.29, 1.82) is 0 Å². The summed E-state index contributed by atoms with van der Waals surface area (Å²) in [5.74, 6) is 0.529. The molecule has 0 bridgehead atoms. The number of amides is 1. The number of aliphatic hydroxyl groups is 1. The third-order valence-corrected chi connectivity index (χ3v) is 4.35. The molecular weight excluding hydrogens is 306 g/mol.